The van der Waals surface area contributed by atoms with E-state index in [1.54, 1.807) is 18.2 Å². The van der Waals surface area contributed by atoms with E-state index in [2.05, 4.69) is 0 Å². The zero-order valence-corrected chi connectivity index (χ0v) is 14.9. The standard InChI is InChI=1S/C18H19NO6S/c20-14(19-6-2-1-3-7-19)9-11-4-5-12-13(8-11)26-17(18(23)24)16(12)25-10-15(21)22/h4-5,8H,1-3,6-7,9-10H2,(H,21,22)(H,23,24). The summed E-state index contributed by atoms with van der Waals surface area (Å²) in [5.74, 6) is -2.21. The summed E-state index contributed by atoms with van der Waals surface area (Å²) in [6.45, 7) is 0.966. The Morgan fingerprint density at radius 3 is 2.50 bits per heavy atom. The summed E-state index contributed by atoms with van der Waals surface area (Å²) in [5.41, 5.74) is 0.802. The van der Waals surface area contributed by atoms with Gasteiger partial charge in [-0.05, 0) is 37.0 Å². The number of nitrogens with zero attached hydrogens (tertiary/aromatic N) is 1. The van der Waals surface area contributed by atoms with Crippen LogP contribution in [0.15, 0.2) is 18.2 Å². The van der Waals surface area contributed by atoms with Crippen molar-refractivity contribution in [1.82, 2.24) is 4.90 Å². The van der Waals surface area contributed by atoms with Crippen molar-refractivity contribution in [3.63, 3.8) is 0 Å². The van der Waals surface area contributed by atoms with Crippen molar-refractivity contribution >= 4 is 39.3 Å². The van der Waals surface area contributed by atoms with Gasteiger partial charge in [0.2, 0.25) is 5.91 Å². The SMILES string of the molecule is O=C(O)COc1c(C(=O)O)sc2cc(CC(=O)N3CCCCC3)ccc12. The first-order chi connectivity index (χ1) is 12.5. The Bertz CT molecular complexity index is 853. The molecule has 2 aromatic rings. The van der Waals surface area contributed by atoms with Crippen molar-refractivity contribution in [2.24, 2.45) is 0 Å². The number of thiophene rings is 1. The fourth-order valence-corrected chi connectivity index (χ4v) is 4.12. The van der Waals surface area contributed by atoms with Crippen molar-refractivity contribution in [3.05, 3.63) is 28.6 Å². The average Bonchev–Trinajstić information content (AvgIpc) is 2.98. The molecule has 26 heavy (non-hydrogen) atoms. The van der Waals surface area contributed by atoms with Gasteiger partial charge in [0.25, 0.3) is 0 Å². The molecular formula is C18H19NO6S. The van der Waals surface area contributed by atoms with Crippen molar-refractivity contribution in [2.75, 3.05) is 19.7 Å². The highest BCUT2D eigenvalue weighted by atomic mass is 32.1. The van der Waals surface area contributed by atoms with E-state index < -0.39 is 18.5 Å². The van der Waals surface area contributed by atoms with Gasteiger partial charge in [-0.1, -0.05) is 6.07 Å². The Labute approximate surface area is 153 Å². The van der Waals surface area contributed by atoms with Crippen LogP contribution in [0.3, 0.4) is 0 Å². The van der Waals surface area contributed by atoms with Crippen molar-refractivity contribution in [2.45, 2.75) is 25.7 Å². The van der Waals surface area contributed by atoms with Gasteiger partial charge in [-0.3, -0.25) is 4.79 Å². The normalized spacial score (nSPS) is 14.4. The lowest BCUT2D eigenvalue weighted by atomic mass is 10.1. The fourth-order valence-electron chi connectivity index (χ4n) is 3.08. The Morgan fingerprint density at radius 2 is 1.85 bits per heavy atom. The molecule has 0 radical (unpaired) electrons. The molecule has 0 unspecified atom stereocenters. The first-order valence-corrected chi connectivity index (χ1v) is 9.18. The van der Waals surface area contributed by atoms with Crippen LogP contribution >= 0.6 is 11.3 Å². The second-order valence-corrected chi connectivity index (χ2v) is 7.25. The lowest BCUT2D eigenvalue weighted by molar-refractivity contribution is -0.139. The highest BCUT2D eigenvalue weighted by molar-refractivity contribution is 7.21. The number of carbonyl (C=O) groups is 3. The van der Waals surface area contributed by atoms with E-state index in [4.69, 9.17) is 9.84 Å². The first-order valence-electron chi connectivity index (χ1n) is 8.37. The monoisotopic (exact) mass is 377 g/mol. The van der Waals surface area contributed by atoms with Crippen LogP contribution in [0.5, 0.6) is 5.75 Å². The molecule has 7 nitrogen and oxygen atoms in total. The molecule has 1 aromatic carbocycles. The van der Waals surface area contributed by atoms with Gasteiger partial charge in [-0.25, -0.2) is 9.59 Å². The van der Waals surface area contributed by atoms with E-state index in [0.717, 1.165) is 49.3 Å². The number of aliphatic carboxylic acids is 1. The molecule has 0 saturated carbocycles. The van der Waals surface area contributed by atoms with Gasteiger partial charge in [-0.2, -0.15) is 0 Å². The molecule has 138 valence electrons. The topological polar surface area (TPSA) is 104 Å². The smallest absolute Gasteiger partial charge is 0.349 e. The van der Waals surface area contributed by atoms with Crippen LogP contribution in [-0.2, 0) is 16.0 Å². The molecule has 0 aliphatic carbocycles. The van der Waals surface area contributed by atoms with Crippen LogP contribution in [0.4, 0.5) is 0 Å². The van der Waals surface area contributed by atoms with Gasteiger partial charge in [0.15, 0.2) is 17.2 Å². The third-order valence-corrected chi connectivity index (χ3v) is 5.43. The number of carboxylic acid groups (broad SMARTS) is 2. The third kappa shape index (κ3) is 3.96. The molecular weight excluding hydrogens is 358 g/mol. The third-order valence-electron chi connectivity index (χ3n) is 4.31. The molecule has 1 fully saturated rings. The number of carbonyl (C=O) groups excluding carboxylic acids is 1. The van der Waals surface area contributed by atoms with Crippen LogP contribution in [0.1, 0.15) is 34.5 Å². The number of ether oxygens (including phenoxy) is 1. The number of rotatable bonds is 6. The van der Waals surface area contributed by atoms with Gasteiger partial charge in [0.05, 0.1) is 6.42 Å². The number of piperidine rings is 1. The highest BCUT2D eigenvalue weighted by Crippen LogP contribution is 2.38. The maximum Gasteiger partial charge on any atom is 0.349 e. The quantitative estimate of drug-likeness (QED) is 0.802. The summed E-state index contributed by atoms with van der Waals surface area (Å²) in [4.78, 5) is 36.4. The molecule has 1 amide bonds. The molecule has 0 atom stereocenters. The predicted octanol–water partition coefficient (Wildman–Crippen LogP) is 2.62. The zero-order chi connectivity index (χ0) is 18.7. The number of hydrogen-bond acceptors (Lipinski definition) is 5. The predicted molar refractivity (Wildman–Crippen MR) is 96.1 cm³/mol. The first kappa shape index (κ1) is 18.2. The average molecular weight is 377 g/mol. The van der Waals surface area contributed by atoms with Crippen LogP contribution < -0.4 is 4.74 Å². The molecule has 1 aromatic heterocycles. The van der Waals surface area contributed by atoms with Crippen molar-refractivity contribution in [3.8, 4) is 5.75 Å². The lowest BCUT2D eigenvalue weighted by Crippen LogP contribution is -2.36. The van der Waals surface area contributed by atoms with E-state index >= 15 is 0 Å². The van der Waals surface area contributed by atoms with E-state index in [0.29, 0.717) is 10.1 Å². The number of carboxylic acids is 2. The summed E-state index contributed by atoms with van der Waals surface area (Å²) >= 11 is 1.02. The van der Waals surface area contributed by atoms with E-state index in [-0.39, 0.29) is 23.0 Å². The molecule has 3 rings (SSSR count). The Morgan fingerprint density at radius 1 is 1.12 bits per heavy atom. The summed E-state index contributed by atoms with van der Waals surface area (Å²) in [7, 11) is 0. The minimum Gasteiger partial charge on any atom is -0.479 e. The van der Waals surface area contributed by atoms with Gasteiger partial charge in [0.1, 0.15) is 0 Å². The number of likely N-dealkylation sites (tertiary alicyclic amines) is 1. The lowest BCUT2D eigenvalue weighted by Gasteiger charge is -2.26. The van der Waals surface area contributed by atoms with E-state index in [9.17, 15) is 19.5 Å². The van der Waals surface area contributed by atoms with Crippen LogP contribution in [0, 0.1) is 0 Å². The number of amides is 1. The van der Waals surface area contributed by atoms with Crippen molar-refractivity contribution in [1.29, 1.82) is 0 Å². The summed E-state index contributed by atoms with van der Waals surface area (Å²) < 4.78 is 5.84. The van der Waals surface area contributed by atoms with Crippen LogP contribution in [0.2, 0.25) is 0 Å². The number of aromatic carboxylic acids is 1. The fraction of sp³-hybridized carbons (Fsp3) is 0.389. The number of hydrogen-bond donors (Lipinski definition) is 2. The van der Waals surface area contributed by atoms with E-state index in [1.807, 2.05) is 4.90 Å². The number of fused-ring (bicyclic) bond motifs is 1. The van der Waals surface area contributed by atoms with Gasteiger partial charge < -0.3 is 19.8 Å². The van der Waals surface area contributed by atoms with Gasteiger partial charge in [0, 0.05) is 23.2 Å². The molecule has 1 aliphatic rings. The maximum absolute atomic E-state index is 12.4. The molecule has 0 bridgehead atoms. The second kappa shape index (κ2) is 7.74. The maximum atomic E-state index is 12.4. The molecule has 1 saturated heterocycles. The summed E-state index contributed by atoms with van der Waals surface area (Å²) in [6, 6.07) is 5.23. The Balaban J connectivity index is 1.85. The summed E-state index contributed by atoms with van der Waals surface area (Å²) in [5, 5.41) is 18.7. The number of benzene rings is 1. The minimum absolute atomic E-state index is 0.0410. The Kier molecular flexibility index (Phi) is 5.41. The summed E-state index contributed by atoms with van der Waals surface area (Å²) in [6.07, 6.45) is 3.48. The van der Waals surface area contributed by atoms with Crippen molar-refractivity contribution < 1.29 is 29.3 Å². The van der Waals surface area contributed by atoms with Gasteiger partial charge in [-0.15, -0.1) is 11.3 Å². The van der Waals surface area contributed by atoms with Gasteiger partial charge >= 0.3 is 11.9 Å². The zero-order valence-electron chi connectivity index (χ0n) is 14.1. The largest absolute Gasteiger partial charge is 0.479 e. The van der Waals surface area contributed by atoms with Crippen LogP contribution in [-0.4, -0.2) is 52.7 Å². The molecule has 2 N–H and O–H groups in total. The Hall–Kier alpha value is -2.61. The highest BCUT2D eigenvalue weighted by Gasteiger charge is 2.21. The molecule has 8 heteroatoms. The molecule has 0 spiro atoms. The second-order valence-electron chi connectivity index (χ2n) is 6.20. The van der Waals surface area contributed by atoms with Crippen LogP contribution in [0.25, 0.3) is 10.1 Å². The molecule has 1 aliphatic heterocycles. The minimum atomic E-state index is -1.18. The molecule has 2 heterocycles. The van der Waals surface area contributed by atoms with E-state index in [1.165, 1.54) is 0 Å².